The number of carbonyl (C=O) groups excluding carboxylic acids is 1. The minimum absolute atomic E-state index is 0.123. The summed E-state index contributed by atoms with van der Waals surface area (Å²) in [7, 11) is 1.58. The predicted octanol–water partition coefficient (Wildman–Crippen LogP) is 3.58. The third-order valence-corrected chi connectivity index (χ3v) is 3.13. The molecule has 0 saturated carbocycles. The van der Waals surface area contributed by atoms with E-state index >= 15 is 0 Å². The molecule has 2 heteroatoms. The van der Waals surface area contributed by atoms with E-state index in [0.717, 1.165) is 12.0 Å². The lowest BCUT2D eigenvalue weighted by atomic mass is 10.00. The summed E-state index contributed by atoms with van der Waals surface area (Å²) >= 11 is 0. The number of ketones is 1. The minimum atomic E-state index is -0.454. The van der Waals surface area contributed by atoms with Gasteiger partial charge in [0.25, 0.3) is 0 Å². The molecule has 0 N–H and O–H groups in total. The molecule has 0 bridgehead atoms. The Bertz CT molecular complexity index is 505. The van der Waals surface area contributed by atoms with E-state index in [4.69, 9.17) is 4.74 Å². The van der Waals surface area contributed by atoms with E-state index in [0.29, 0.717) is 6.42 Å². The molecule has 2 nitrogen and oxygen atoms in total. The molecule has 0 aliphatic heterocycles. The molecule has 2 aromatic rings. The molecular formula is C17H18O2. The molecule has 0 amide bonds. The average Bonchev–Trinajstić information content (AvgIpc) is 2.48. The second-order valence-electron chi connectivity index (χ2n) is 4.48. The lowest BCUT2D eigenvalue weighted by molar-refractivity contribution is -0.129. The molecule has 19 heavy (non-hydrogen) atoms. The number of hydrogen-bond acceptors (Lipinski definition) is 2. The molecule has 0 heterocycles. The van der Waals surface area contributed by atoms with Gasteiger partial charge in [0.05, 0.1) is 0 Å². The first kappa shape index (κ1) is 13.5. The van der Waals surface area contributed by atoms with Crippen LogP contribution in [0.1, 0.15) is 23.7 Å². The molecule has 0 saturated heterocycles. The Balaban J connectivity index is 1.98. The van der Waals surface area contributed by atoms with Gasteiger partial charge in [-0.1, -0.05) is 60.7 Å². The van der Waals surface area contributed by atoms with Crippen molar-refractivity contribution in [2.75, 3.05) is 7.11 Å². The highest BCUT2D eigenvalue weighted by Gasteiger charge is 2.19. The molecule has 1 atom stereocenters. The van der Waals surface area contributed by atoms with Crippen molar-refractivity contribution < 1.29 is 9.53 Å². The van der Waals surface area contributed by atoms with Crippen molar-refractivity contribution in [1.82, 2.24) is 0 Å². The summed E-state index contributed by atoms with van der Waals surface area (Å²) in [6.45, 7) is 0. The maximum atomic E-state index is 12.2. The maximum Gasteiger partial charge on any atom is 0.166 e. The highest BCUT2D eigenvalue weighted by Crippen LogP contribution is 2.19. The highest BCUT2D eigenvalue weighted by molar-refractivity contribution is 5.84. The summed E-state index contributed by atoms with van der Waals surface area (Å²) < 4.78 is 5.34. The third-order valence-electron chi connectivity index (χ3n) is 3.13. The molecule has 0 aliphatic rings. The topological polar surface area (TPSA) is 26.3 Å². The third kappa shape index (κ3) is 3.76. The summed E-state index contributed by atoms with van der Waals surface area (Å²) in [5.41, 5.74) is 2.10. The van der Waals surface area contributed by atoms with Gasteiger partial charge in [-0.05, 0) is 17.5 Å². The Morgan fingerprint density at radius 2 is 1.58 bits per heavy atom. The number of hydrogen-bond donors (Lipinski definition) is 0. The lowest BCUT2D eigenvalue weighted by Crippen LogP contribution is -2.15. The zero-order valence-corrected chi connectivity index (χ0v) is 11.1. The first-order chi connectivity index (χ1) is 9.31. The number of aryl methyl sites for hydroxylation is 1. The van der Waals surface area contributed by atoms with E-state index in [9.17, 15) is 4.79 Å². The van der Waals surface area contributed by atoms with E-state index in [1.54, 1.807) is 7.11 Å². The average molecular weight is 254 g/mol. The van der Waals surface area contributed by atoms with Crippen LogP contribution in [-0.4, -0.2) is 12.9 Å². The lowest BCUT2D eigenvalue weighted by Gasteiger charge is -2.14. The Labute approximate surface area is 114 Å². The van der Waals surface area contributed by atoms with E-state index in [2.05, 4.69) is 0 Å². The van der Waals surface area contributed by atoms with Crippen molar-refractivity contribution in [3.8, 4) is 0 Å². The van der Waals surface area contributed by atoms with Gasteiger partial charge in [0.1, 0.15) is 6.10 Å². The van der Waals surface area contributed by atoms with Crippen LogP contribution in [0.15, 0.2) is 60.7 Å². The van der Waals surface area contributed by atoms with Crippen LogP contribution < -0.4 is 0 Å². The molecule has 0 spiro atoms. The van der Waals surface area contributed by atoms with Gasteiger partial charge in [0.15, 0.2) is 5.78 Å². The Kier molecular flexibility index (Phi) is 4.87. The molecule has 2 aromatic carbocycles. The summed E-state index contributed by atoms with van der Waals surface area (Å²) in [5, 5.41) is 0. The van der Waals surface area contributed by atoms with Gasteiger partial charge in [0, 0.05) is 13.5 Å². The molecule has 1 unspecified atom stereocenters. The zero-order chi connectivity index (χ0) is 13.5. The summed E-state index contributed by atoms with van der Waals surface area (Å²) in [5.74, 6) is 0.123. The van der Waals surface area contributed by atoms with Crippen LogP contribution in [0.4, 0.5) is 0 Å². The van der Waals surface area contributed by atoms with E-state index in [1.165, 1.54) is 5.56 Å². The minimum Gasteiger partial charge on any atom is -0.369 e. The molecule has 0 radical (unpaired) electrons. The normalized spacial score (nSPS) is 12.1. The van der Waals surface area contributed by atoms with Crippen molar-refractivity contribution in [1.29, 1.82) is 0 Å². The predicted molar refractivity (Wildman–Crippen MR) is 76.0 cm³/mol. The number of methoxy groups -OCH3 is 1. The number of carbonyl (C=O) groups is 1. The van der Waals surface area contributed by atoms with Crippen molar-refractivity contribution in [2.24, 2.45) is 0 Å². The first-order valence-electron chi connectivity index (χ1n) is 6.45. The van der Waals surface area contributed by atoms with Crippen LogP contribution in [0.5, 0.6) is 0 Å². The van der Waals surface area contributed by atoms with Crippen LogP contribution in [0, 0.1) is 0 Å². The first-order valence-corrected chi connectivity index (χ1v) is 6.45. The van der Waals surface area contributed by atoms with Gasteiger partial charge in [-0.15, -0.1) is 0 Å². The molecule has 0 fully saturated rings. The van der Waals surface area contributed by atoms with Gasteiger partial charge < -0.3 is 4.74 Å². The Morgan fingerprint density at radius 3 is 2.16 bits per heavy atom. The SMILES string of the molecule is COC(C(=O)CCc1ccccc1)c1ccccc1. The number of Topliss-reactive ketones (excluding diaryl/α,β-unsaturated/α-hetero) is 1. The fraction of sp³-hybridized carbons (Fsp3) is 0.235. The fourth-order valence-electron chi connectivity index (χ4n) is 2.12. The van der Waals surface area contributed by atoms with Gasteiger partial charge in [-0.3, -0.25) is 4.79 Å². The maximum absolute atomic E-state index is 12.2. The molecule has 0 aliphatic carbocycles. The van der Waals surface area contributed by atoms with Crippen molar-refractivity contribution in [3.63, 3.8) is 0 Å². The number of benzene rings is 2. The van der Waals surface area contributed by atoms with Crippen LogP contribution in [0.2, 0.25) is 0 Å². The number of rotatable bonds is 6. The summed E-state index contributed by atoms with van der Waals surface area (Å²) in [6, 6.07) is 19.7. The molecule has 2 rings (SSSR count). The van der Waals surface area contributed by atoms with Gasteiger partial charge in [-0.2, -0.15) is 0 Å². The summed E-state index contributed by atoms with van der Waals surface area (Å²) in [4.78, 5) is 12.2. The second-order valence-corrected chi connectivity index (χ2v) is 4.48. The van der Waals surface area contributed by atoms with E-state index in [1.807, 2.05) is 60.7 Å². The monoisotopic (exact) mass is 254 g/mol. The largest absolute Gasteiger partial charge is 0.369 e. The van der Waals surface area contributed by atoms with Crippen LogP contribution in [0.25, 0.3) is 0 Å². The highest BCUT2D eigenvalue weighted by atomic mass is 16.5. The quantitative estimate of drug-likeness (QED) is 0.787. The molecule has 0 aromatic heterocycles. The van der Waals surface area contributed by atoms with E-state index in [-0.39, 0.29) is 5.78 Å². The van der Waals surface area contributed by atoms with Crippen molar-refractivity contribution in [2.45, 2.75) is 18.9 Å². The standard InChI is InChI=1S/C17H18O2/c1-19-17(15-10-6-3-7-11-15)16(18)13-12-14-8-4-2-5-9-14/h2-11,17H,12-13H2,1H3. The van der Waals surface area contributed by atoms with Gasteiger partial charge >= 0.3 is 0 Å². The van der Waals surface area contributed by atoms with E-state index < -0.39 is 6.10 Å². The van der Waals surface area contributed by atoms with Gasteiger partial charge in [-0.25, -0.2) is 0 Å². The Morgan fingerprint density at radius 1 is 1.00 bits per heavy atom. The summed E-state index contributed by atoms with van der Waals surface area (Å²) in [6.07, 6.45) is 0.800. The van der Waals surface area contributed by atoms with Crippen LogP contribution >= 0.6 is 0 Å². The van der Waals surface area contributed by atoms with Crippen LogP contribution in [-0.2, 0) is 16.0 Å². The van der Waals surface area contributed by atoms with Crippen LogP contribution in [0.3, 0.4) is 0 Å². The molecule has 98 valence electrons. The Hall–Kier alpha value is -1.93. The molecular weight excluding hydrogens is 236 g/mol. The smallest absolute Gasteiger partial charge is 0.166 e. The number of ether oxygens (including phenoxy) is 1. The van der Waals surface area contributed by atoms with Crippen molar-refractivity contribution >= 4 is 5.78 Å². The fourth-order valence-corrected chi connectivity index (χ4v) is 2.12. The zero-order valence-electron chi connectivity index (χ0n) is 11.1. The second kappa shape index (κ2) is 6.86. The van der Waals surface area contributed by atoms with Gasteiger partial charge in [0.2, 0.25) is 0 Å². The van der Waals surface area contributed by atoms with Crippen molar-refractivity contribution in [3.05, 3.63) is 71.8 Å².